The van der Waals surface area contributed by atoms with Crippen molar-refractivity contribution in [2.24, 2.45) is 5.92 Å². The van der Waals surface area contributed by atoms with Gasteiger partial charge in [0.25, 0.3) is 0 Å². The van der Waals surface area contributed by atoms with Crippen molar-refractivity contribution >= 4 is 55.5 Å². The van der Waals surface area contributed by atoms with Gasteiger partial charge in [-0.15, -0.1) is 11.3 Å². The molecule has 3 aromatic rings. The summed E-state index contributed by atoms with van der Waals surface area (Å²) in [7, 11) is -4.12. The van der Waals surface area contributed by atoms with Crippen molar-refractivity contribution < 1.29 is 18.8 Å². The van der Waals surface area contributed by atoms with Crippen molar-refractivity contribution in [1.82, 2.24) is 9.97 Å². The highest BCUT2D eigenvalue weighted by Gasteiger charge is 2.49. The number of anilines is 1. The molecule has 0 spiro atoms. The van der Waals surface area contributed by atoms with Crippen LogP contribution in [-0.2, 0) is 14.5 Å². The van der Waals surface area contributed by atoms with Gasteiger partial charge in [0.05, 0.1) is 16.5 Å². The molecule has 252 valence electrons. The van der Waals surface area contributed by atoms with Crippen LogP contribution in [-0.4, -0.2) is 56.2 Å². The van der Waals surface area contributed by atoms with Crippen molar-refractivity contribution in [1.29, 1.82) is 0 Å². The van der Waals surface area contributed by atoms with Gasteiger partial charge >= 0.3 is 0 Å². The number of nitrogens with one attached hydrogen (secondary N) is 1. The molecule has 0 radical (unpaired) electrons. The Morgan fingerprint density at radius 2 is 1.76 bits per heavy atom. The molecule has 4 rings (SSSR count). The summed E-state index contributed by atoms with van der Waals surface area (Å²) in [5.74, 6) is 0.424. The van der Waals surface area contributed by atoms with Crippen LogP contribution in [0, 0.1) is 5.92 Å². The number of nitrogens with zero attached hydrogens (tertiary/aromatic N) is 2. The highest BCUT2D eigenvalue weighted by Crippen LogP contribution is 2.46. The first-order chi connectivity index (χ1) is 21.5. The van der Waals surface area contributed by atoms with Gasteiger partial charge in [-0.05, 0) is 90.7 Å². The predicted molar refractivity (Wildman–Crippen MR) is 198 cm³/mol. The minimum absolute atomic E-state index is 0.0191. The molecule has 7 nitrogen and oxygen atoms in total. The summed E-state index contributed by atoms with van der Waals surface area (Å²) in [5, 5.41) is 16.0. The Morgan fingerprint density at radius 1 is 1.09 bits per heavy atom. The second kappa shape index (κ2) is 14.8. The number of aliphatic hydroxyl groups is 1. The molecule has 0 bridgehead atoms. The van der Waals surface area contributed by atoms with Gasteiger partial charge in [-0.1, -0.05) is 69.6 Å². The first kappa shape index (κ1) is 37.1. The molecule has 1 fully saturated rings. The largest absolute Gasteiger partial charge is 0.413 e. The monoisotopic (exact) mass is 745 g/mol. The Bertz CT molecular complexity index is 1470. The zero-order chi connectivity index (χ0) is 34.0. The third-order valence-corrected chi connectivity index (χ3v) is 18.1. The molecule has 4 atom stereocenters. The predicted octanol–water partition coefficient (Wildman–Crippen LogP) is 9.39. The minimum atomic E-state index is -2.13. The van der Waals surface area contributed by atoms with Crippen LogP contribution in [0.2, 0.25) is 36.3 Å². The number of hydrogen-bond acceptors (Lipinski definition) is 8. The highest BCUT2D eigenvalue weighted by atomic mass is 79.9. The minimum Gasteiger partial charge on any atom is -0.413 e. The van der Waals surface area contributed by atoms with Crippen molar-refractivity contribution in [3.63, 3.8) is 0 Å². The smallest absolute Gasteiger partial charge is 0.208 e. The summed E-state index contributed by atoms with van der Waals surface area (Å²) >= 11 is 5.03. The van der Waals surface area contributed by atoms with Gasteiger partial charge in [-0.3, -0.25) is 4.79 Å². The fraction of sp³-hybridized carbons (Fsp3) is 0.571. The normalized spacial score (nSPS) is 20.5. The Morgan fingerprint density at radius 3 is 2.35 bits per heavy atom. The molecule has 1 aliphatic carbocycles. The molecule has 1 saturated carbocycles. The molecule has 11 heteroatoms. The fourth-order valence-electron chi connectivity index (χ4n) is 7.54. The standard InChI is InChI=1S/C35H52BrN3O4SSi2/c1-22(2)46(23(3)4,24(5)6)42-31-17-29(14-25(31)19-40)39-34-30(18-37-21-38-34)33(41)32-16-27(20-44-32)35(7,43-45(8,9)10)26-12-11-13-28(36)15-26/h11-13,15-16,18,20-25,29,31,40H,14,17,19H2,1-10H3,(H,37,38,39)/t25-,29-,31+,35+/m1/s1. The molecule has 0 unspecified atom stereocenters. The quantitative estimate of drug-likeness (QED) is 0.125. The van der Waals surface area contributed by atoms with Gasteiger partial charge in [0.2, 0.25) is 14.1 Å². The Kier molecular flexibility index (Phi) is 11.9. The molecule has 0 amide bonds. The topological polar surface area (TPSA) is 93.6 Å². The van der Waals surface area contributed by atoms with E-state index in [1.165, 1.54) is 17.7 Å². The van der Waals surface area contributed by atoms with Crippen molar-refractivity contribution in [2.45, 2.75) is 115 Å². The van der Waals surface area contributed by atoms with Crippen LogP contribution in [0.15, 0.2) is 52.7 Å². The van der Waals surface area contributed by atoms with Crippen molar-refractivity contribution in [3.05, 3.63) is 74.3 Å². The van der Waals surface area contributed by atoms with Crippen LogP contribution < -0.4 is 5.32 Å². The van der Waals surface area contributed by atoms with Gasteiger partial charge in [0.1, 0.15) is 17.7 Å². The molecule has 2 N–H and O–H groups in total. The van der Waals surface area contributed by atoms with Crippen LogP contribution in [0.4, 0.5) is 5.82 Å². The van der Waals surface area contributed by atoms with Crippen LogP contribution in [0.3, 0.4) is 0 Å². The second-order valence-electron chi connectivity index (χ2n) is 14.8. The van der Waals surface area contributed by atoms with E-state index in [-0.39, 0.29) is 30.5 Å². The zero-order valence-corrected chi connectivity index (χ0v) is 33.5. The first-order valence-electron chi connectivity index (χ1n) is 16.5. The van der Waals surface area contributed by atoms with E-state index in [0.717, 1.165) is 28.4 Å². The van der Waals surface area contributed by atoms with Gasteiger partial charge in [-0.25, -0.2) is 9.97 Å². The van der Waals surface area contributed by atoms with E-state index < -0.39 is 22.2 Å². The molecule has 0 saturated heterocycles. The molecule has 0 aliphatic heterocycles. The van der Waals surface area contributed by atoms with E-state index >= 15 is 0 Å². The molecule has 2 aromatic heterocycles. The lowest BCUT2D eigenvalue weighted by atomic mass is 9.90. The van der Waals surface area contributed by atoms with E-state index in [0.29, 0.717) is 32.9 Å². The third kappa shape index (κ3) is 7.93. The van der Waals surface area contributed by atoms with Crippen LogP contribution in [0.25, 0.3) is 0 Å². The number of halogens is 1. The van der Waals surface area contributed by atoms with Gasteiger partial charge in [-0.2, -0.15) is 0 Å². The number of thiophene rings is 1. The number of benzene rings is 1. The summed E-state index contributed by atoms with van der Waals surface area (Å²) in [6, 6.07) is 10.2. The van der Waals surface area contributed by atoms with E-state index in [4.69, 9.17) is 8.85 Å². The fourth-order valence-corrected chi connectivity index (χ4v) is 16.0. The lowest BCUT2D eigenvalue weighted by Gasteiger charge is -2.45. The number of hydrogen-bond donors (Lipinski definition) is 2. The summed E-state index contributed by atoms with van der Waals surface area (Å²) < 4.78 is 14.9. The Hall–Kier alpha value is -1.74. The highest BCUT2D eigenvalue weighted by molar-refractivity contribution is 9.10. The second-order valence-corrected chi connectivity index (χ2v) is 26.5. The number of aliphatic hydroxyl groups excluding tert-OH is 1. The lowest BCUT2D eigenvalue weighted by Crippen LogP contribution is -2.51. The van der Waals surface area contributed by atoms with Crippen molar-refractivity contribution in [2.75, 3.05) is 11.9 Å². The Labute approximate surface area is 290 Å². The summed E-state index contributed by atoms with van der Waals surface area (Å²) in [4.78, 5) is 23.4. The summed E-state index contributed by atoms with van der Waals surface area (Å²) in [6.45, 7) is 22.4. The average molecular weight is 747 g/mol. The number of carbonyl (C=O) groups is 1. The van der Waals surface area contributed by atoms with E-state index in [9.17, 15) is 9.90 Å². The van der Waals surface area contributed by atoms with Gasteiger partial charge in [0, 0.05) is 29.2 Å². The maximum absolute atomic E-state index is 14.0. The van der Waals surface area contributed by atoms with Crippen molar-refractivity contribution in [3.8, 4) is 0 Å². The summed E-state index contributed by atoms with van der Waals surface area (Å²) in [5.41, 5.74) is 3.08. The lowest BCUT2D eigenvalue weighted by molar-refractivity contribution is 0.0941. The molecule has 1 aliphatic rings. The zero-order valence-electron chi connectivity index (χ0n) is 29.1. The number of aromatic nitrogens is 2. The van der Waals surface area contributed by atoms with Gasteiger partial charge in [0.15, 0.2) is 8.32 Å². The molecular weight excluding hydrogens is 695 g/mol. The SMILES string of the molecule is CC(C)[Si](O[C@H]1C[C@H](Nc2ncncc2C(=O)c2cc([C@@](C)(O[Si](C)(C)C)c3cccc(Br)c3)cs2)C[C@@H]1CO)(C(C)C)C(C)C. The maximum atomic E-state index is 14.0. The van der Waals surface area contributed by atoms with Crippen LogP contribution in [0.5, 0.6) is 0 Å². The molecule has 1 aromatic carbocycles. The number of rotatable bonds is 14. The van der Waals surface area contributed by atoms with Crippen LogP contribution in [0.1, 0.15) is 87.7 Å². The van der Waals surface area contributed by atoms with E-state index in [2.05, 4.69) is 111 Å². The molecule has 2 heterocycles. The first-order valence-corrected chi connectivity index (χ1v) is 23.7. The number of carbonyl (C=O) groups excluding carboxylic acids is 1. The maximum Gasteiger partial charge on any atom is 0.208 e. The molecule has 46 heavy (non-hydrogen) atoms. The van der Waals surface area contributed by atoms with E-state index in [1.807, 2.05) is 23.6 Å². The Balaban J connectivity index is 1.59. The number of ketones is 1. The van der Waals surface area contributed by atoms with E-state index in [1.54, 1.807) is 6.20 Å². The average Bonchev–Trinajstić information content (AvgIpc) is 3.62. The van der Waals surface area contributed by atoms with Crippen LogP contribution >= 0.6 is 27.3 Å². The molecular formula is C35H52BrN3O4SSi2. The third-order valence-electron chi connectivity index (χ3n) is 9.48. The summed E-state index contributed by atoms with van der Waals surface area (Å²) in [6.07, 6.45) is 4.55. The van der Waals surface area contributed by atoms with Gasteiger partial charge < -0.3 is 19.3 Å².